The van der Waals surface area contributed by atoms with Crippen LogP contribution in [0, 0.1) is 35.3 Å². The summed E-state index contributed by atoms with van der Waals surface area (Å²) < 4.78 is 10.5. The smallest absolute Gasteiger partial charge is 0.294 e. The van der Waals surface area contributed by atoms with Gasteiger partial charge in [-0.3, -0.25) is 10.1 Å². The molecule has 0 radical (unpaired) electrons. The second-order valence-electron chi connectivity index (χ2n) is 5.29. The Morgan fingerprint density at radius 2 is 2.04 bits per heavy atom. The van der Waals surface area contributed by atoms with E-state index in [0.29, 0.717) is 29.4 Å². The number of rotatable bonds is 6. The summed E-state index contributed by atoms with van der Waals surface area (Å²) in [5, 5.41) is 23.6. The van der Waals surface area contributed by atoms with Crippen LogP contribution in [0.4, 0.5) is 11.5 Å². The Balaban J connectivity index is 2.39. The van der Waals surface area contributed by atoms with Gasteiger partial charge in [0.1, 0.15) is 34.6 Å². The highest BCUT2D eigenvalue weighted by Gasteiger charge is 2.23. The number of ether oxygens (including phenoxy) is 2. The summed E-state index contributed by atoms with van der Waals surface area (Å²) in [6.07, 6.45) is 0. The standard InChI is InChI=1S/C17H18N4O4/c1-10-14(8-18)17(20-11(2)16(10)21(22)23)19-9-12-7-13(24-3)5-6-15(12)25-4/h5-7H,9H2,1-4H3,(H,19,20). The third-order valence-electron chi connectivity index (χ3n) is 3.82. The molecule has 0 saturated carbocycles. The SMILES string of the molecule is COc1ccc(OC)c(CNc2nc(C)c([N+](=O)[O-])c(C)c2C#N)c1. The number of nitrogens with one attached hydrogen (secondary N) is 1. The van der Waals surface area contributed by atoms with Gasteiger partial charge in [0.05, 0.1) is 24.7 Å². The number of nitro groups is 1. The molecule has 2 rings (SSSR count). The van der Waals surface area contributed by atoms with Gasteiger partial charge in [0, 0.05) is 12.1 Å². The van der Waals surface area contributed by atoms with Gasteiger partial charge in [-0.15, -0.1) is 0 Å². The molecule has 0 saturated heterocycles. The maximum atomic E-state index is 11.2. The molecule has 0 unspecified atom stereocenters. The maximum Gasteiger partial charge on any atom is 0.294 e. The number of hydrogen-bond donors (Lipinski definition) is 1. The molecular weight excluding hydrogens is 324 g/mol. The highest BCUT2D eigenvalue weighted by Crippen LogP contribution is 2.30. The summed E-state index contributed by atoms with van der Waals surface area (Å²) in [5.74, 6) is 1.62. The number of aromatic nitrogens is 1. The highest BCUT2D eigenvalue weighted by atomic mass is 16.6. The fraction of sp³-hybridized carbons (Fsp3) is 0.294. The molecule has 0 atom stereocenters. The van der Waals surface area contributed by atoms with Gasteiger partial charge in [0.15, 0.2) is 0 Å². The van der Waals surface area contributed by atoms with Crippen LogP contribution in [0.3, 0.4) is 0 Å². The van der Waals surface area contributed by atoms with E-state index in [1.807, 2.05) is 12.1 Å². The first-order chi connectivity index (χ1) is 11.9. The first-order valence-electron chi connectivity index (χ1n) is 7.43. The van der Waals surface area contributed by atoms with E-state index in [2.05, 4.69) is 10.3 Å². The van der Waals surface area contributed by atoms with Crippen molar-refractivity contribution >= 4 is 11.5 Å². The van der Waals surface area contributed by atoms with Crippen molar-refractivity contribution in [1.29, 1.82) is 5.26 Å². The van der Waals surface area contributed by atoms with Gasteiger partial charge in [-0.05, 0) is 32.0 Å². The maximum absolute atomic E-state index is 11.2. The molecule has 1 aromatic carbocycles. The van der Waals surface area contributed by atoms with Crippen molar-refractivity contribution in [1.82, 2.24) is 4.98 Å². The molecule has 0 fully saturated rings. The Labute approximate surface area is 145 Å². The number of benzene rings is 1. The van der Waals surface area contributed by atoms with Crippen molar-refractivity contribution < 1.29 is 14.4 Å². The zero-order valence-electron chi connectivity index (χ0n) is 14.4. The van der Waals surface area contributed by atoms with Gasteiger partial charge >= 0.3 is 0 Å². The molecule has 0 amide bonds. The van der Waals surface area contributed by atoms with E-state index in [4.69, 9.17) is 9.47 Å². The largest absolute Gasteiger partial charge is 0.497 e. The molecule has 0 bridgehead atoms. The van der Waals surface area contributed by atoms with E-state index in [-0.39, 0.29) is 16.9 Å². The van der Waals surface area contributed by atoms with Crippen LogP contribution in [0.15, 0.2) is 18.2 Å². The van der Waals surface area contributed by atoms with E-state index in [1.54, 1.807) is 40.2 Å². The van der Waals surface area contributed by atoms with Crippen LogP contribution in [0.1, 0.15) is 22.4 Å². The number of nitrogens with zero attached hydrogens (tertiary/aromatic N) is 3. The van der Waals surface area contributed by atoms with Gasteiger partial charge in [-0.25, -0.2) is 4.98 Å². The van der Waals surface area contributed by atoms with Gasteiger partial charge in [-0.2, -0.15) is 5.26 Å². The Hall–Kier alpha value is -3.34. The summed E-state index contributed by atoms with van der Waals surface area (Å²) >= 11 is 0. The molecule has 0 aliphatic carbocycles. The minimum Gasteiger partial charge on any atom is -0.497 e. The normalized spacial score (nSPS) is 10.0. The number of anilines is 1. The second-order valence-corrected chi connectivity index (χ2v) is 5.29. The average molecular weight is 342 g/mol. The lowest BCUT2D eigenvalue weighted by Gasteiger charge is -2.14. The molecule has 8 heteroatoms. The Morgan fingerprint density at radius 1 is 1.32 bits per heavy atom. The zero-order valence-corrected chi connectivity index (χ0v) is 14.4. The van der Waals surface area contributed by atoms with Crippen LogP contribution in [0.5, 0.6) is 11.5 Å². The lowest BCUT2D eigenvalue weighted by molar-refractivity contribution is -0.386. The number of hydrogen-bond acceptors (Lipinski definition) is 7. The molecule has 0 spiro atoms. The summed E-state index contributed by atoms with van der Waals surface area (Å²) in [4.78, 5) is 14.8. The van der Waals surface area contributed by atoms with Crippen LogP contribution in [-0.4, -0.2) is 24.1 Å². The van der Waals surface area contributed by atoms with E-state index < -0.39 is 4.92 Å². The topological polar surface area (TPSA) is 110 Å². The minimum absolute atomic E-state index is 0.138. The van der Waals surface area contributed by atoms with Gasteiger partial charge in [-0.1, -0.05) is 0 Å². The summed E-state index contributed by atoms with van der Waals surface area (Å²) in [5.41, 5.74) is 1.36. The first kappa shape index (κ1) is 18.0. The predicted molar refractivity (Wildman–Crippen MR) is 92.0 cm³/mol. The fourth-order valence-electron chi connectivity index (χ4n) is 2.58. The molecule has 1 aromatic heterocycles. The van der Waals surface area contributed by atoms with Crippen molar-refractivity contribution in [3.63, 3.8) is 0 Å². The molecule has 1 heterocycles. The van der Waals surface area contributed by atoms with Crippen molar-refractivity contribution in [2.24, 2.45) is 0 Å². The third kappa shape index (κ3) is 3.61. The molecule has 25 heavy (non-hydrogen) atoms. The van der Waals surface area contributed by atoms with Crippen LogP contribution in [0.2, 0.25) is 0 Å². The molecule has 8 nitrogen and oxygen atoms in total. The van der Waals surface area contributed by atoms with E-state index in [1.165, 1.54) is 0 Å². The van der Waals surface area contributed by atoms with Gasteiger partial charge in [0.2, 0.25) is 0 Å². The molecule has 1 N–H and O–H groups in total. The Bertz CT molecular complexity index is 859. The molecule has 0 aliphatic heterocycles. The lowest BCUT2D eigenvalue weighted by atomic mass is 10.1. The lowest BCUT2D eigenvalue weighted by Crippen LogP contribution is -2.09. The predicted octanol–water partition coefficient (Wildman–Crippen LogP) is 3.11. The van der Waals surface area contributed by atoms with E-state index in [9.17, 15) is 15.4 Å². The van der Waals surface area contributed by atoms with E-state index >= 15 is 0 Å². The number of pyridine rings is 1. The summed E-state index contributed by atoms with van der Waals surface area (Å²) in [6.45, 7) is 3.41. The Morgan fingerprint density at radius 3 is 2.60 bits per heavy atom. The monoisotopic (exact) mass is 342 g/mol. The van der Waals surface area contributed by atoms with Crippen molar-refractivity contribution in [2.75, 3.05) is 19.5 Å². The second kappa shape index (κ2) is 7.49. The highest BCUT2D eigenvalue weighted by molar-refractivity contribution is 5.64. The minimum atomic E-state index is -0.520. The number of methoxy groups -OCH3 is 2. The quantitative estimate of drug-likeness (QED) is 0.634. The summed E-state index contributed by atoms with van der Waals surface area (Å²) in [6, 6.07) is 7.35. The zero-order chi connectivity index (χ0) is 18.6. The molecule has 0 aliphatic rings. The van der Waals surface area contributed by atoms with Gasteiger partial charge < -0.3 is 14.8 Å². The van der Waals surface area contributed by atoms with Crippen LogP contribution in [-0.2, 0) is 6.54 Å². The van der Waals surface area contributed by atoms with Crippen LogP contribution >= 0.6 is 0 Å². The first-order valence-corrected chi connectivity index (χ1v) is 7.43. The third-order valence-corrected chi connectivity index (χ3v) is 3.82. The number of nitriles is 1. The van der Waals surface area contributed by atoms with Crippen molar-refractivity contribution in [3.8, 4) is 17.6 Å². The number of aryl methyl sites for hydroxylation is 1. The van der Waals surface area contributed by atoms with Crippen LogP contribution < -0.4 is 14.8 Å². The molecule has 2 aromatic rings. The van der Waals surface area contributed by atoms with Crippen molar-refractivity contribution in [2.45, 2.75) is 20.4 Å². The van der Waals surface area contributed by atoms with Crippen molar-refractivity contribution in [3.05, 3.63) is 50.7 Å². The molecular formula is C17H18N4O4. The molecule has 130 valence electrons. The summed E-state index contributed by atoms with van der Waals surface area (Å²) in [7, 11) is 3.13. The average Bonchev–Trinajstić information content (AvgIpc) is 2.59. The van der Waals surface area contributed by atoms with Gasteiger partial charge in [0.25, 0.3) is 5.69 Å². The Kier molecular flexibility index (Phi) is 5.39. The van der Waals surface area contributed by atoms with E-state index in [0.717, 1.165) is 5.56 Å². The van der Waals surface area contributed by atoms with Crippen LogP contribution in [0.25, 0.3) is 0 Å². The fourth-order valence-corrected chi connectivity index (χ4v) is 2.58.